The van der Waals surface area contributed by atoms with Gasteiger partial charge in [0.05, 0.1) is 16.9 Å². The third kappa shape index (κ3) is 3.88. The van der Waals surface area contributed by atoms with Crippen molar-refractivity contribution in [2.75, 3.05) is 11.9 Å². The molecule has 2 amide bonds. The average molecular weight is 429 g/mol. The van der Waals surface area contributed by atoms with E-state index in [-0.39, 0.29) is 17.6 Å². The minimum Gasteiger partial charge on any atom is -0.315 e. The lowest BCUT2D eigenvalue weighted by atomic mass is 10.2. The van der Waals surface area contributed by atoms with Crippen molar-refractivity contribution in [3.63, 3.8) is 0 Å². The second-order valence-corrected chi connectivity index (χ2v) is 7.17. The summed E-state index contributed by atoms with van der Waals surface area (Å²) >= 11 is 3.40. The van der Waals surface area contributed by atoms with Gasteiger partial charge in [-0.1, -0.05) is 34.1 Å². The Morgan fingerprint density at radius 1 is 1.26 bits per heavy atom. The zero-order valence-corrected chi connectivity index (χ0v) is 17.0. The van der Waals surface area contributed by atoms with Crippen molar-refractivity contribution in [2.24, 2.45) is 7.05 Å². The molecule has 2 aromatic carbocycles. The van der Waals surface area contributed by atoms with E-state index in [1.54, 1.807) is 18.0 Å². The first-order valence-electron chi connectivity index (χ1n) is 8.71. The first-order valence-corrected chi connectivity index (χ1v) is 9.50. The molecule has 3 rings (SSSR count). The molecule has 0 bridgehead atoms. The van der Waals surface area contributed by atoms with Crippen LogP contribution in [0.5, 0.6) is 0 Å². The SMILES string of the molecule is CCN(C(=O)Nc1cccc(Br)c1)C(C)c1nc2ccccc2c(=O)n1C. The van der Waals surface area contributed by atoms with Crippen LogP contribution in [0.1, 0.15) is 25.7 Å². The van der Waals surface area contributed by atoms with E-state index in [0.717, 1.165) is 4.47 Å². The molecule has 0 saturated heterocycles. The molecule has 0 aliphatic rings. The number of carbonyl (C=O) groups excluding carboxylic acids is 1. The van der Waals surface area contributed by atoms with Crippen LogP contribution >= 0.6 is 15.9 Å². The number of anilines is 1. The van der Waals surface area contributed by atoms with Crippen LogP contribution in [-0.2, 0) is 7.05 Å². The summed E-state index contributed by atoms with van der Waals surface area (Å²) in [5, 5.41) is 3.46. The number of aromatic nitrogens is 2. The van der Waals surface area contributed by atoms with E-state index in [2.05, 4.69) is 26.2 Å². The number of hydrogen-bond acceptors (Lipinski definition) is 3. The fraction of sp³-hybridized carbons (Fsp3) is 0.250. The van der Waals surface area contributed by atoms with Gasteiger partial charge in [-0.25, -0.2) is 9.78 Å². The van der Waals surface area contributed by atoms with E-state index in [1.807, 2.05) is 56.3 Å². The summed E-state index contributed by atoms with van der Waals surface area (Å²) in [6.07, 6.45) is 0. The number of urea groups is 1. The third-order valence-corrected chi connectivity index (χ3v) is 5.03. The average Bonchev–Trinajstić information content (AvgIpc) is 2.65. The van der Waals surface area contributed by atoms with Gasteiger partial charge < -0.3 is 10.2 Å². The topological polar surface area (TPSA) is 67.2 Å². The summed E-state index contributed by atoms with van der Waals surface area (Å²) < 4.78 is 2.40. The highest BCUT2D eigenvalue weighted by atomic mass is 79.9. The van der Waals surface area contributed by atoms with Gasteiger partial charge in [-0.2, -0.15) is 0 Å². The van der Waals surface area contributed by atoms with Gasteiger partial charge in [0, 0.05) is 23.8 Å². The summed E-state index contributed by atoms with van der Waals surface area (Å²) in [5.74, 6) is 0.546. The van der Waals surface area contributed by atoms with Crippen LogP contribution in [0.3, 0.4) is 0 Å². The molecule has 0 radical (unpaired) electrons. The van der Waals surface area contributed by atoms with Gasteiger partial charge in [0.15, 0.2) is 0 Å². The summed E-state index contributed by atoms with van der Waals surface area (Å²) in [6, 6.07) is 14.0. The lowest BCUT2D eigenvalue weighted by Crippen LogP contribution is -2.39. The highest BCUT2D eigenvalue weighted by Gasteiger charge is 2.24. The molecule has 0 saturated carbocycles. The number of hydrogen-bond donors (Lipinski definition) is 1. The van der Waals surface area contributed by atoms with Crippen molar-refractivity contribution in [3.05, 3.63) is 69.2 Å². The number of fused-ring (bicyclic) bond motifs is 1. The van der Waals surface area contributed by atoms with Crippen LogP contribution in [0.15, 0.2) is 57.8 Å². The van der Waals surface area contributed by atoms with E-state index in [9.17, 15) is 9.59 Å². The number of nitrogens with zero attached hydrogens (tertiary/aromatic N) is 3. The van der Waals surface area contributed by atoms with Crippen LogP contribution in [0.2, 0.25) is 0 Å². The highest BCUT2D eigenvalue weighted by molar-refractivity contribution is 9.10. The first kappa shape index (κ1) is 19.1. The fourth-order valence-electron chi connectivity index (χ4n) is 3.10. The van der Waals surface area contributed by atoms with Crippen molar-refractivity contribution >= 4 is 38.6 Å². The Morgan fingerprint density at radius 3 is 2.70 bits per heavy atom. The lowest BCUT2D eigenvalue weighted by Gasteiger charge is -2.29. The Labute approximate surface area is 166 Å². The zero-order chi connectivity index (χ0) is 19.6. The van der Waals surface area contributed by atoms with E-state index in [1.165, 1.54) is 4.57 Å². The van der Waals surface area contributed by atoms with E-state index < -0.39 is 0 Å². The zero-order valence-electron chi connectivity index (χ0n) is 15.4. The minimum absolute atomic E-state index is 0.120. The van der Waals surface area contributed by atoms with Crippen LogP contribution in [0.25, 0.3) is 10.9 Å². The molecule has 0 aliphatic carbocycles. The molecule has 0 spiro atoms. The molecule has 1 heterocycles. The molecule has 1 atom stereocenters. The van der Waals surface area contributed by atoms with Crippen molar-refractivity contribution < 1.29 is 4.79 Å². The van der Waals surface area contributed by atoms with E-state index in [4.69, 9.17) is 0 Å². The lowest BCUT2D eigenvalue weighted by molar-refractivity contribution is 0.193. The number of rotatable bonds is 4. The molecular weight excluding hydrogens is 408 g/mol. The second kappa shape index (κ2) is 7.92. The Bertz CT molecular complexity index is 1050. The highest BCUT2D eigenvalue weighted by Crippen LogP contribution is 2.21. The largest absolute Gasteiger partial charge is 0.322 e. The Balaban J connectivity index is 1.94. The minimum atomic E-state index is -0.371. The van der Waals surface area contributed by atoms with Crippen LogP contribution in [0.4, 0.5) is 10.5 Å². The van der Waals surface area contributed by atoms with Crippen LogP contribution in [-0.4, -0.2) is 27.0 Å². The van der Waals surface area contributed by atoms with Crippen LogP contribution < -0.4 is 10.9 Å². The molecule has 1 aromatic heterocycles. The molecule has 27 heavy (non-hydrogen) atoms. The number of para-hydroxylation sites is 1. The molecule has 1 N–H and O–H groups in total. The second-order valence-electron chi connectivity index (χ2n) is 6.25. The van der Waals surface area contributed by atoms with Gasteiger partial charge in [-0.05, 0) is 44.2 Å². The number of amides is 2. The molecule has 0 fully saturated rings. The van der Waals surface area contributed by atoms with Gasteiger partial charge in [0.25, 0.3) is 5.56 Å². The number of halogens is 1. The van der Waals surface area contributed by atoms with Crippen molar-refractivity contribution in [2.45, 2.75) is 19.9 Å². The Morgan fingerprint density at radius 2 is 2.00 bits per heavy atom. The van der Waals surface area contributed by atoms with Gasteiger partial charge in [-0.15, -0.1) is 0 Å². The van der Waals surface area contributed by atoms with Crippen molar-refractivity contribution in [3.8, 4) is 0 Å². The predicted octanol–water partition coefficient (Wildman–Crippen LogP) is 4.31. The molecule has 140 valence electrons. The summed E-state index contributed by atoms with van der Waals surface area (Å²) in [5.41, 5.74) is 1.21. The third-order valence-electron chi connectivity index (χ3n) is 4.54. The molecule has 1 unspecified atom stereocenters. The monoisotopic (exact) mass is 428 g/mol. The summed E-state index contributed by atoms with van der Waals surface area (Å²) in [4.78, 5) is 31.8. The van der Waals surface area contributed by atoms with Crippen molar-refractivity contribution in [1.82, 2.24) is 14.5 Å². The molecule has 6 nitrogen and oxygen atoms in total. The number of benzene rings is 2. The standard InChI is InChI=1S/C20H21BrN4O2/c1-4-25(20(27)22-15-9-7-8-14(21)12-15)13(2)18-23-17-11-6-5-10-16(17)19(26)24(18)3/h5-13H,4H2,1-3H3,(H,22,27). The molecular formula is C20H21BrN4O2. The first-order chi connectivity index (χ1) is 12.9. The van der Waals surface area contributed by atoms with E-state index in [0.29, 0.717) is 29.0 Å². The van der Waals surface area contributed by atoms with Crippen molar-refractivity contribution in [1.29, 1.82) is 0 Å². The van der Waals surface area contributed by atoms with Gasteiger partial charge in [0.2, 0.25) is 0 Å². The maximum absolute atomic E-state index is 12.8. The molecule has 7 heteroatoms. The normalized spacial score (nSPS) is 12.0. The Kier molecular flexibility index (Phi) is 5.60. The fourth-order valence-corrected chi connectivity index (χ4v) is 3.50. The maximum atomic E-state index is 12.8. The smallest absolute Gasteiger partial charge is 0.315 e. The van der Waals surface area contributed by atoms with Gasteiger partial charge in [0.1, 0.15) is 5.82 Å². The molecule has 0 aliphatic heterocycles. The van der Waals surface area contributed by atoms with Gasteiger partial charge in [-0.3, -0.25) is 9.36 Å². The summed E-state index contributed by atoms with van der Waals surface area (Å²) in [6.45, 7) is 4.25. The Hall–Kier alpha value is -2.67. The van der Waals surface area contributed by atoms with E-state index >= 15 is 0 Å². The predicted molar refractivity (Wildman–Crippen MR) is 111 cm³/mol. The van der Waals surface area contributed by atoms with Crippen LogP contribution in [0, 0.1) is 0 Å². The maximum Gasteiger partial charge on any atom is 0.322 e. The van der Waals surface area contributed by atoms with Gasteiger partial charge >= 0.3 is 6.03 Å². The summed E-state index contributed by atoms with van der Waals surface area (Å²) in [7, 11) is 1.69. The number of carbonyl (C=O) groups is 1. The quantitative estimate of drug-likeness (QED) is 0.672. The number of nitrogens with one attached hydrogen (secondary N) is 1. The molecule has 3 aromatic rings.